The zero-order valence-electron chi connectivity index (χ0n) is 8.72. The molecule has 4 nitrogen and oxygen atoms in total. The van der Waals surface area contributed by atoms with Gasteiger partial charge in [-0.25, -0.2) is 0 Å². The van der Waals surface area contributed by atoms with Crippen LogP contribution in [-0.4, -0.2) is 23.7 Å². The van der Waals surface area contributed by atoms with Crippen LogP contribution in [0.1, 0.15) is 5.56 Å². The van der Waals surface area contributed by atoms with E-state index < -0.39 is 12.0 Å². The fraction of sp³-hybridized carbons (Fsp3) is 0.250. The lowest BCUT2D eigenvalue weighted by Crippen LogP contribution is -2.38. The largest absolute Gasteiger partial charge is 0.480 e. The first-order valence-corrected chi connectivity index (χ1v) is 4.81. The van der Waals surface area contributed by atoms with E-state index in [0.29, 0.717) is 6.42 Å². The summed E-state index contributed by atoms with van der Waals surface area (Å²) in [6, 6.07) is 8.52. The number of aliphatic carboxylic acids is 1. The minimum atomic E-state index is -0.971. The van der Waals surface area contributed by atoms with E-state index in [1.807, 2.05) is 30.3 Å². The van der Waals surface area contributed by atoms with E-state index in [4.69, 9.17) is 16.4 Å². The van der Waals surface area contributed by atoms with Gasteiger partial charge in [-0.05, 0) is 5.56 Å². The van der Waals surface area contributed by atoms with Gasteiger partial charge >= 0.3 is 5.97 Å². The molecule has 1 aromatic carbocycles. The van der Waals surface area contributed by atoms with Crippen molar-refractivity contribution in [1.82, 2.24) is 5.48 Å². The number of rotatable bonds is 6. The Kier molecular flexibility index (Phi) is 5.06. The maximum absolute atomic E-state index is 10.9. The Morgan fingerprint density at radius 1 is 1.50 bits per heavy atom. The van der Waals surface area contributed by atoms with Gasteiger partial charge in [-0.15, -0.1) is 6.42 Å². The minimum Gasteiger partial charge on any atom is -0.480 e. The van der Waals surface area contributed by atoms with Crippen LogP contribution < -0.4 is 5.48 Å². The molecule has 1 aromatic rings. The van der Waals surface area contributed by atoms with Crippen molar-refractivity contribution in [2.45, 2.75) is 12.5 Å². The first kappa shape index (κ1) is 12.2. The third-order valence-electron chi connectivity index (χ3n) is 1.96. The molecule has 0 aliphatic carbocycles. The Morgan fingerprint density at radius 2 is 2.19 bits per heavy atom. The third kappa shape index (κ3) is 4.13. The monoisotopic (exact) mass is 219 g/mol. The molecule has 1 rings (SSSR count). The van der Waals surface area contributed by atoms with Crippen LogP contribution in [0.3, 0.4) is 0 Å². The van der Waals surface area contributed by atoms with Gasteiger partial charge in [-0.2, -0.15) is 5.48 Å². The molecule has 0 unspecified atom stereocenters. The van der Waals surface area contributed by atoms with Crippen LogP contribution in [0.15, 0.2) is 30.3 Å². The zero-order valence-corrected chi connectivity index (χ0v) is 8.72. The molecule has 0 spiro atoms. The molecule has 0 saturated carbocycles. The van der Waals surface area contributed by atoms with Gasteiger partial charge in [0.15, 0.2) is 0 Å². The highest BCUT2D eigenvalue weighted by molar-refractivity contribution is 5.73. The summed E-state index contributed by atoms with van der Waals surface area (Å²) in [5.74, 6) is 1.28. The smallest absolute Gasteiger partial charge is 0.323 e. The Bertz CT molecular complexity index is 370. The number of benzene rings is 1. The van der Waals surface area contributed by atoms with Crippen molar-refractivity contribution in [2.75, 3.05) is 6.61 Å². The second-order valence-electron chi connectivity index (χ2n) is 3.19. The highest BCUT2D eigenvalue weighted by atomic mass is 16.6. The molecule has 0 saturated heterocycles. The van der Waals surface area contributed by atoms with E-state index in [-0.39, 0.29) is 6.61 Å². The van der Waals surface area contributed by atoms with Crippen molar-refractivity contribution < 1.29 is 14.7 Å². The van der Waals surface area contributed by atoms with Crippen molar-refractivity contribution in [1.29, 1.82) is 0 Å². The average molecular weight is 219 g/mol. The van der Waals surface area contributed by atoms with E-state index in [0.717, 1.165) is 5.56 Å². The average Bonchev–Trinajstić information content (AvgIpc) is 2.29. The first-order valence-electron chi connectivity index (χ1n) is 4.81. The summed E-state index contributed by atoms with van der Waals surface area (Å²) in [5.41, 5.74) is 3.35. The van der Waals surface area contributed by atoms with E-state index in [1.54, 1.807) is 0 Å². The lowest BCUT2D eigenvalue weighted by Gasteiger charge is -2.13. The highest BCUT2D eigenvalue weighted by Gasteiger charge is 2.17. The first-order chi connectivity index (χ1) is 7.74. The number of hydroxylamine groups is 1. The van der Waals surface area contributed by atoms with E-state index in [1.165, 1.54) is 0 Å². The van der Waals surface area contributed by atoms with Crippen LogP contribution in [0.25, 0.3) is 0 Å². The summed E-state index contributed by atoms with van der Waals surface area (Å²) >= 11 is 0. The molecule has 84 valence electrons. The molecule has 2 N–H and O–H groups in total. The van der Waals surface area contributed by atoms with Crippen molar-refractivity contribution in [3.8, 4) is 12.3 Å². The molecule has 0 amide bonds. The van der Waals surface area contributed by atoms with E-state index >= 15 is 0 Å². The van der Waals surface area contributed by atoms with Gasteiger partial charge in [-0.3, -0.25) is 9.63 Å². The normalized spacial score (nSPS) is 11.7. The van der Waals surface area contributed by atoms with Crippen LogP contribution in [0.4, 0.5) is 0 Å². The summed E-state index contributed by atoms with van der Waals surface area (Å²) in [6.07, 6.45) is 5.33. The number of carboxylic acids is 1. The Hall–Kier alpha value is -1.83. The van der Waals surface area contributed by atoms with Gasteiger partial charge in [0.25, 0.3) is 0 Å². The maximum atomic E-state index is 10.9. The van der Waals surface area contributed by atoms with Crippen molar-refractivity contribution in [3.05, 3.63) is 35.9 Å². The Balaban J connectivity index is 2.52. The molecule has 0 aliphatic rings. The second-order valence-corrected chi connectivity index (χ2v) is 3.19. The van der Waals surface area contributed by atoms with Crippen LogP contribution in [-0.2, 0) is 16.1 Å². The molecule has 4 heteroatoms. The number of terminal acetylenes is 1. The Morgan fingerprint density at radius 3 is 2.75 bits per heavy atom. The van der Waals surface area contributed by atoms with Gasteiger partial charge in [-0.1, -0.05) is 36.3 Å². The van der Waals surface area contributed by atoms with Gasteiger partial charge in [0.05, 0.1) is 0 Å². The molecule has 1 atom stereocenters. The summed E-state index contributed by atoms with van der Waals surface area (Å²) < 4.78 is 0. The van der Waals surface area contributed by atoms with Crippen molar-refractivity contribution in [2.24, 2.45) is 0 Å². The summed E-state index contributed by atoms with van der Waals surface area (Å²) in [6.45, 7) is 0.0402. The molecular weight excluding hydrogens is 206 g/mol. The molecule has 0 bridgehead atoms. The molecule has 16 heavy (non-hydrogen) atoms. The van der Waals surface area contributed by atoms with Gasteiger partial charge < -0.3 is 5.11 Å². The lowest BCUT2D eigenvalue weighted by atomic mass is 10.1. The SMILES string of the molecule is C#CCON[C@H](Cc1ccccc1)C(=O)O. The molecule has 0 radical (unpaired) electrons. The maximum Gasteiger partial charge on any atom is 0.323 e. The molecule has 0 fully saturated rings. The molecule has 0 aliphatic heterocycles. The Labute approximate surface area is 94.2 Å². The van der Waals surface area contributed by atoms with Gasteiger partial charge in [0.2, 0.25) is 0 Å². The predicted molar refractivity (Wildman–Crippen MR) is 59.5 cm³/mol. The molecule has 0 heterocycles. The summed E-state index contributed by atoms with van der Waals surface area (Å²) in [5, 5.41) is 8.94. The van der Waals surface area contributed by atoms with Crippen LogP contribution in [0.5, 0.6) is 0 Å². The number of nitrogens with one attached hydrogen (secondary N) is 1. The summed E-state index contributed by atoms with van der Waals surface area (Å²) in [4.78, 5) is 15.7. The number of hydrogen-bond acceptors (Lipinski definition) is 3. The fourth-order valence-corrected chi connectivity index (χ4v) is 1.21. The van der Waals surface area contributed by atoms with Crippen LogP contribution in [0.2, 0.25) is 0 Å². The van der Waals surface area contributed by atoms with Crippen molar-refractivity contribution >= 4 is 5.97 Å². The number of carbonyl (C=O) groups is 1. The van der Waals surface area contributed by atoms with E-state index in [9.17, 15) is 4.79 Å². The molecular formula is C12H13NO3. The highest BCUT2D eigenvalue weighted by Crippen LogP contribution is 2.03. The third-order valence-corrected chi connectivity index (χ3v) is 1.96. The quantitative estimate of drug-likeness (QED) is 0.423. The number of carboxylic acid groups (broad SMARTS) is 1. The second kappa shape index (κ2) is 6.62. The standard InChI is InChI=1S/C12H13NO3/c1-2-8-16-13-11(12(14)15)9-10-6-4-3-5-7-10/h1,3-7,11,13H,8-9H2,(H,14,15)/t11-/m1/s1. The van der Waals surface area contributed by atoms with E-state index in [2.05, 4.69) is 11.4 Å². The fourth-order valence-electron chi connectivity index (χ4n) is 1.21. The van der Waals surface area contributed by atoms with Gasteiger partial charge in [0, 0.05) is 6.42 Å². The number of hydrogen-bond donors (Lipinski definition) is 2. The van der Waals surface area contributed by atoms with Crippen LogP contribution >= 0.6 is 0 Å². The van der Waals surface area contributed by atoms with Gasteiger partial charge in [0.1, 0.15) is 12.6 Å². The minimum absolute atomic E-state index is 0.0402. The lowest BCUT2D eigenvalue weighted by molar-refractivity contribution is -0.143. The predicted octanol–water partition coefficient (Wildman–Crippen LogP) is 0.837. The van der Waals surface area contributed by atoms with Crippen molar-refractivity contribution in [3.63, 3.8) is 0 Å². The van der Waals surface area contributed by atoms with Crippen LogP contribution in [0, 0.1) is 12.3 Å². The molecule has 0 aromatic heterocycles. The topological polar surface area (TPSA) is 58.6 Å². The zero-order chi connectivity index (χ0) is 11.8. The summed E-state index contributed by atoms with van der Waals surface area (Å²) in [7, 11) is 0.